The van der Waals surface area contributed by atoms with Crippen molar-refractivity contribution in [1.29, 1.82) is 0 Å². The van der Waals surface area contributed by atoms with Gasteiger partial charge in [-0.25, -0.2) is 0 Å². The summed E-state index contributed by atoms with van der Waals surface area (Å²) in [5.41, 5.74) is 0.791. The zero-order valence-corrected chi connectivity index (χ0v) is 24.7. The van der Waals surface area contributed by atoms with Crippen molar-refractivity contribution in [3.63, 3.8) is 0 Å². The van der Waals surface area contributed by atoms with Gasteiger partial charge < -0.3 is 25.6 Å². The van der Waals surface area contributed by atoms with Crippen molar-refractivity contribution in [3.8, 4) is 0 Å². The first-order valence-corrected chi connectivity index (χ1v) is 14.4. The molecule has 3 aromatic rings. The van der Waals surface area contributed by atoms with Gasteiger partial charge in [0.05, 0.1) is 16.0 Å². The Kier molecular flexibility index (Phi) is 7.76. The van der Waals surface area contributed by atoms with E-state index in [0.29, 0.717) is 22.6 Å². The normalized spacial score (nSPS) is 18.5. The first-order valence-electron chi connectivity index (χ1n) is 13.6. The fraction of sp³-hybridized carbons (Fsp3) is 0.281. The molecule has 0 spiro atoms. The van der Waals surface area contributed by atoms with Gasteiger partial charge in [0.15, 0.2) is 11.6 Å². The Morgan fingerprint density at radius 2 is 1.76 bits per heavy atom. The first-order chi connectivity index (χ1) is 19.8. The molecule has 0 radical (unpaired) electrons. The third-order valence-electron chi connectivity index (χ3n) is 7.39. The number of ether oxygens (including phenoxy) is 1. The van der Waals surface area contributed by atoms with E-state index in [0.717, 1.165) is 30.4 Å². The van der Waals surface area contributed by atoms with Gasteiger partial charge in [0.2, 0.25) is 0 Å². The number of amidine groups is 1. The van der Waals surface area contributed by atoms with Gasteiger partial charge in [0, 0.05) is 29.6 Å². The van der Waals surface area contributed by atoms with E-state index in [9.17, 15) is 25.1 Å². The summed E-state index contributed by atoms with van der Waals surface area (Å²) >= 11 is 0.934. The second kappa shape index (κ2) is 11.0. The fourth-order valence-corrected chi connectivity index (χ4v) is 5.94. The number of nitrogens with one attached hydrogen (secondary N) is 1. The Labute approximate surface area is 248 Å². The number of anilines is 1. The predicted octanol–water partition coefficient (Wildman–Crippen LogP) is 7.59. The number of Topliss-reactive ketones (excluding diaryl/α,β-unsaturated/α-hetero) is 1. The van der Waals surface area contributed by atoms with Crippen LogP contribution >= 0.6 is 11.9 Å². The van der Waals surface area contributed by atoms with Crippen LogP contribution in [0, 0.1) is 10.4 Å². The zero-order valence-electron chi connectivity index (χ0n) is 23.8. The van der Waals surface area contributed by atoms with Crippen LogP contribution < -0.4 is 10.1 Å². The number of benzene rings is 3. The van der Waals surface area contributed by atoms with Crippen LogP contribution in [-0.4, -0.2) is 28.4 Å². The van der Waals surface area contributed by atoms with E-state index in [1.165, 1.54) is 23.8 Å². The molecule has 218 valence electrons. The molecule has 1 amide bonds. The molecule has 1 heterocycles. The highest BCUT2D eigenvalue weighted by Gasteiger charge is 2.45. The molecule has 10 heteroatoms. The summed E-state index contributed by atoms with van der Waals surface area (Å²) in [7, 11) is 0. The van der Waals surface area contributed by atoms with Gasteiger partial charge in [-0.1, -0.05) is 54.6 Å². The molecule has 0 fully saturated rings. The van der Waals surface area contributed by atoms with Crippen molar-refractivity contribution in [2.24, 2.45) is 4.40 Å². The largest absolute Gasteiger partial charge is 0.616 e. The van der Waals surface area contributed by atoms with Crippen LogP contribution in [0.25, 0.3) is 5.76 Å². The quantitative estimate of drug-likeness (QED) is 0.171. The lowest BCUT2D eigenvalue weighted by Gasteiger charge is -2.42. The molecule has 1 aliphatic carbocycles. The van der Waals surface area contributed by atoms with Crippen LogP contribution in [-0.2, 0) is 21.4 Å². The van der Waals surface area contributed by atoms with E-state index in [4.69, 9.17) is 4.74 Å². The molecular weight excluding hydrogens is 554 g/mol. The average Bonchev–Trinajstić information content (AvgIpc) is 2.95. The van der Waals surface area contributed by atoms with E-state index in [-0.39, 0.29) is 28.6 Å². The molecule has 1 aliphatic heterocycles. The number of hydrogen-bond donors (Lipinski definition) is 2. The minimum atomic E-state index is -2.59. The molecule has 9 nitrogen and oxygen atoms in total. The summed E-state index contributed by atoms with van der Waals surface area (Å²) in [4.78, 5) is 24.3. The fourth-order valence-electron chi connectivity index (χ4n) is 5.22. The second-order valence-corrected chi connectivity index (χ2v) is 12.4. The SMILES string of the molecule is CC(C)(C)OC(=O)[N+]([O-])([O-])c1ccc2c(c1)SN=C(C1=C(O)c3ccccc3C(C)(CCCc3ccccc3)C1=O)N2. The number of nitrogens with zero attached hydrogens (tertiary/aromatic N) is 2. The van der Waals surface area contributed by atoms with Crippen LogP contribution in [0.1, 0.15) is 57.2 Å². The van der Waals surface area contributed by atoms with Gasteiger partial charge in [-0.3, -0.25) is 9.60 Å². The van der Waals surface area contributed by atoms with Gasteiger partial charge in [-0.2, -0.15) is 9.19 Å². The number of aliphatic hydroxyl groups is 1. The molecular formula is C32H32N3O6S-. The summed E-state index contributed by atoms with van der Waals surface area (Å²) in [5.74, 6) is -0.245. The van der Waals surface area contributed by atoms with E-state index in [1.54, 1.807) is 26.8 Å². The van der Waals surface area contributed by atoms with Gasteiger partial charge in [-0.05, 0) is 64.2 Å². The molecule has 1 unspecified atom stereocenters. The van der Waals surface area contributed by atoms with E-state index in [1.807, 2.05) is 43.3 Å². The number of quaternary nitrogens is 1. The monoisotopic (exact) mass is 586 g/mol. The smallest absolute Gasteiger partial charge is 0.522 e. The van der Waals surface area contributed by atoms with Crippen molar-refractivity contribution in [1.82, 2.24) is 4.81 Å². The molecule has 42 heavy (non-hydrogen) atoms. The summed E-state index contributed by atoms with van der Waals surface area (Å²) in [5, 5.41) is 39.8. The Morgan fingerprint density at radius 3 is 2.48 bits per heavy atom. The van der Waals surface area contributed by atoms with Crippen molar-refractivity contribution >= 4 is 46.8 Å². The molecule has 3 aromatic carbocycles. The summed E-state index contributed by atoms with van der Waals surface area (Å²) in [6.45, 7) is 6.60. The molecule has 2 N–H and O–H groups in total. The van der Waals surface area contributed by atoms with Crippen molar-refractivity contribution in [2.45, 2.75) is 62.9 Å². The summed E-state index contributed by atoms with van der Waals surface area (Å²) < 4.78 is 9.45. The van der Waals surface area contributed by atoms with E-state index < -0.39 is 21.9 Å². The van der Waals surface area contributed by atoms with Crippen molar-refractivity contribution < 1.29 is 19.4 Å². The molecule has 1 atom stereocenters. The lowest BCUT2D eigenvalue weighted by molar-refractivity contribution is -0.120. The highest BCUT2D eigenvalue weighted by atomic mass is 32.2. The van der Waals surface area contributed by atoms with Gasteiger partial charge in [-0.15, -0.1) is 0 Å². The number of carbonyl (C=O) groups excluding carboxylic acids is 2. The third kappa shape index (κ3) is 5.58. The molecule has 0 bridgehead atoms. The maximum Gasteiger partial charge on any atom is 0.522 e. The Morgan fingerprint density at radius 1 is 1.07 bits per heavy atom. The molecule has 0 saturated carbocycles. The van der Waals surface area contributed by atoms with Gasteiger partial charge in [0.1, 0.15) is 22.6 Å². The number of fused-ring (bicyclic) bond motifs is 2. The maximum atomic E-state index is 14.2. The van der Waals surface area contributed by atoms with Crippen LogP contribution in [0.5, 0.6) is 0 Å². The number of ketones is 1. The standard InChI is InChI=1S/C32H32N3O6S/c1-31(2,3)41-30(38)35(39,40)21-16-17-24-25(19-21)42-34-29(33-24)26-27(36)22-14-8-9-15-23(22)32(4,28(26)37)18-10-13-20-11-6-5-7-12-20/h5-9,11-12,14-17,19,36H,10,13,18H2,1-4H3,(H,33,34)/q-1. The van der Waals surface area contributed by atoms with E-state index >= 15 is 0 Å². The number of rotatable bonds is 6. The first kappa shape index (κ1) is 29.5. The Balaban J connectivity index is 1.43. The number of aliphatic hydroxyl groups excluding tert-OH is 1. The number of hydroxylamine groups is 2. The minimum absolute atomic E-state index is 0.0738. The number of carbonyl (C=O) groups is 2. The predicted molar refractivity (Wildman–Crippen MR) is 166 cm³/mol. The van der Waals surface area contributed by atoms with E-state index in [2.05, 4.69) is 21.8 Å². The highest BCUT2D eigenvalue weighted by Crippen LogP contribution is 2.45. The summed E-state index contributed by atoms with van der Waals surface area (Å²) in [6, 6.07) is 21.4. The third-order valence-corrected chi connectivity index (χ3v) is 8.20. The molecule has 0 aromatic heterocycles. The second-order valence-electron chi connectivity index (χ2n) is 11.6. The lowest BCUT2D eigenvalue weighted by Crippen LogP contribution is -2.46. The van der Waals surface area contributed by atoms with Gasteiger partial charge in [0.25, 0.3) is 0 Å². The molecule has 5 rings (SSSR count). The molecule has 0 saturated heterocycles. The minimum Gasteiger partial charge on any atom is -0.616 e. The van der Waals surface area contributed by atoms with Gasteiger partial charge >= 0.3 is 6.09 Å². The summed E-state index contributed by atoms with van der Waals surface area (Å²) in [6.07, 6.45) is 0.655. The van der Waals surface area contributed by atoms with Crippen LogP contribution in [0.3, 0.4) is 0 Å². The number of aryl methyl sites for hydroxylation is 1. The average molecular weight is 587 g/mol. The van der Waals surface area contributed by atoms with Crippen molar-refractivity contribution in [3.05, 3.63) is 105 Å². The maximum absolute atomic E-state index is 14.2. The topological polar surface area (TPSA) is 134 Å². The van der Waals surface area contributed by atoms with Crippen LogP contribution in [0.2, 0.25) is 0 Å². The van der Waals surface area contributed by atoms with Crippen LogP contribution in [0.15, 0.2) is 87.7 Å². The number of hydrogen-bond acceptors (Lipinski definition) is 9. The number of amides is 1. The Hall–Kier alpha value is -3.96. The van der Waals surface area contributed by atoms with Crippen molar-refractivity contribution in [2.75, 3.05) is 5.32 Å². The Bertz CT molecular complexity index is 1610. The molecule has 2 aliphatic rings. The lowest BCUT2D eigenvalue weighted by atomic mass is 9.67. The zero-order chi connectivity index (χ0) is 30.3. The van der Waals surface area contributed by atoms with Crippen LogP contribution in [0.4, 0.5) is 16.2 Å². The highest BCUT2D eigenvalue weighted by molar-refractivity contribution is 7.98.